The van der Waals surface area contributed by atoms with Gasteiger partial charge in [-0.3, -0.25) is 19.3 Å². The minimum Gasteiger partial charge on any atom is -0.466 e. The van der Waals surface area contributed by atoms with Gasteiger partial charge in [0, 0.05) is 43.0 Å². The molecule has 0 radical (unpaired) electrons. The summed E-state index contributed by atoms with van der Waals surface area (Å²) in [4.78, 5) is 32.1. The number of esters is 1. The summed E-state index contributed by atoms with van der Waals surface area (Å²) in [5.41, 5.74) is 4.40. The molecular weight excluding hydrogens is 392 g/mol. The smallest absolute Gasteiger partial charge is 0.309 e. The third kappa shape index (κ3) is 4.17. The first-order valence-corrected chi connectivity index (χ1v) is 10.7. The third-order valence-electron chi connectivity index (χ3n) is 6.14. The van der Waals surface area contributed by atoms with Gasteiger partial charge in [-0.25, -0.2) is 0 Å². The number of ether oxygens (including phenoxy) is 1. The number of aryl methyl sites for hydroxylation is 2. The minimum atomic E-state index is -0.164. The van der Waals surface area contributed by atoms with Crippen molar-refractivity contribution in [1.82, 2.24) is 19.7 Å². The maximum atomic E-state index is 13.7. The quantitative estimate of drug-likeness (QED) is 0.547. The van der Waals surface area contributed by atoms with Gasteiger partial charge in [-0.2, -0.15) is 5.10 Å². The summed E-state index contributed by atoms with van der Waals surface area (Å²) < 4.78 is 7.02. The van der Waals surface area contributed by atoms with Gasteiger partial charge in [-0.05, 0) is 45.2 Å². The molecule has 7 heteroatoms. The lowest BCUT2D eigenvalue weighted by Crippen LogP contribution is -2.33. The van der Waals surface area contributed by atoms with Gasteiger partial charge >= 0.3 is 5.97 Å². The molecule has 2 aromatic heterocycles. The van der Waals surface area contributed by atoms with Crippen LogP contribution in [0, 0.1) is 25.7 Å². The normalized spacial score (nSPS) is 17.5. The zero-order valence-electron chi connectivity index (χ0n) is 18.5. The summed E-state index contributed by atoms with van der Waals surface area (Å²) in [6.07, 6.45) is 2.43. The van der Waals surface area contributed by atoms with Crippen molar-refractivity contribution < 1.29 is 14.3 Å². The molecule has 1 aromatic carbocycles. The highest BCUT2D eigenvalue weighted by Gasteiger charge is 2.45. The summed E-state index contributed by atoms with van der Waals surface area (Å²) >= 11 is 0. The van der Waals surface area contributed by atoms with Crippen LogP contribution in [0.25, 0.3) is 10.9 Å². The molecule has 162 valence electrons. The zero-order valence-corrected chi connectivity index (χ0v) is 18.5. The molecule has 0 saturated heterocycles. The van der Waals surface area contributed by atoms with E-state index in [1.54, 1.807) is 12.3 Å². The average Bonchev–Trinajstić information content (AvgIpc) is 3.49. The van der Waals surface area contributed by atoms with E-state index < -0.39 is 0 Å². The first kappa shape index (κ1) is 21.0. The molecule has 0 bridgehead atoms. The zero-order chi connectivity index (χ0) is 22.1. The lowest BCUT2D eigenvalue weighted by Gasteiger charge is -2.24. The molecule has 3 aromatic rings. The molecule has 1 aliphatic rings. The van der Waals surface area contributed by atoms with Crippen molar-refractivity contribution in [3.05, 3.63) is 59.0 Å². The summed E-state index contributed by atoms with van der Waals surface area (Å²) in [5, 5.41) is 5.33. The third-order valence-corrected chi connectivity index (χ3v) is 6.14. The Bertz CT molecular complexity index is 1130. The van der Waals surface area contributed by atoms with Crippen LogP contribution in [0.4, 0.5) is 0 Å². The van der Waals surface area contributed by atoms with Gasteiger partial charge in [0.15, 0.2) is 0 Å². The monoisotopic (exact) mass is 420 g/mol. The topological polar surface area (TPSA) is 77.3 Å². The van der Waals surface area contributed by atoms with Crippen molar-refractivity contribution in [2.75, 3.05) is 13.2 Å². The lowest BCUT2D eigenvalue weighted by molar-refractivity contribution is -0.145. The lowest BCUT2D eigenvalue weighted by atomic mass is 10.1. The Balaban J connectivity index is 1.65. The van der Waals surface area contributed by atoms with Gasteiger partial charge in [0.05, 0.1) is 29.3 Å². The molecule has 7 nitrogen and oxygen atoms in total. The van der Waals surface area contributed by atoms with Crippen LogP contribution in [0.5, 0.6) is 0 Å². The second kappa shape index (κ2) is 8.49. The molecule has 2 atom stereocenters. The molecule has 2 heterocycles. The number of para-hydroxylation sites is 1. The van der Waals surface area contributed by atoms with Crippen molar-refractivity contribution in [3.8, 4) is 0 Å². The van der Waals surface area contributed by atoms with Crippen molar-refractivity contribution in [2.24, 2.45) is 18.9 Å². The van der Waals surface area contributed by atoms with Crippen LogP contribution in [0.1, 0.15) is 40.7 Å². The summed E-state index contributed by atoms with van der Waals surface area (Å²) in [7, 11) is 1.91. The maximum absolute atomic E-state index is 13.7. The van der Waals surface area contributed by atoms with E-state index in [0.717, 1.165) is 34.3 Å². The van der Waals surface area contributed by atoms with E-state index in [1.165, 1.54) is 0 Å². The first-order chi connectivity index (χ1) is 14.9. The largest absolute Gasteiger partial charge is 0.466 e. The van der Waals surface area contributed by atoms with Crippen LogP contribution >= 0.6 is 0 Å². The predicted octanol–water partition coefficient (Wildman–Crippen LogP) is 3.43. The number of benzene rings is 1. The second-order valence-corrected chi connectivity index (χ2v) is 8.19. The van der Waals surface area contributed by atoms with Crippen LogP contribution < -0.4 is 0 Å². The van der Waals surface area contributed by atoms with Gasteiger partial charge in [0.1, 0.15) is 0 Å². The van der Waals surface area contributed by atoms with E-state index in [4.69, 9.17) is 4.74 Å². The molecule has 0 spiro atoms. The molecule has 1 fully saturated rings. The first-order valence-electron chi connectivity index (χ1n) is 10.7. The highest BCUT2D eigenvalue weighted by atomic mass is 16.5. The number of amides is 1. The molecular formula is C24H28N4O3. The SMILES string of the molecule is CCOC(=O)[C@@H]1C[C@H]1CN(Cc1c(C)nn(C)c1C)C(=O)c1ccnc2ccccc12. The Kier molecular flexibility index (Phi) is 5.76. The molecule has 0 aliphatic heterocycles. The van der Waals surface area contributed by atoms with E-state index in [0.29, 0.717) is 25.3 Å². The van der Waals surface area contributed by atoms with Crippen LogP contribution in [-0.4, -0.2) is 44.7 Å². The maximum Gasteiger partial charge on any atom is 0.309 e. The summed E-state index contributed by atoms with van der Waals surface area (Å²) in [6, 6.07) is 9.43. The van der Waals surface area contributed by atoms with Crippen LogP contribution in [0.2, 0.25) is 0 Å². The van der Waals surface area contributed by atoms with Crippen molar-refractivity contribution in [2.45, 2.75) is 33.7 Å². The fourth-order valence-corrected chi connectivity index (χ4v) is 4.18. The average molecular weight is 421 g/mol. The standard InChI is InChI=1S/C24H28N4O3/c1-5-31-24(30)20-12-17(20)13-28(14-21-15(2)26-27(4)16(21)3)23(29)19-10-11-25-22-9-7-6-8-18(19)22/h6-11,17,20H,5,12-14H2,1-4H3/t17-,20+/m0/s1. The number of nitrogens with zero attached hydrogens (tertiary/aromatic N) is 4. The highest BCUT2D eigenvalue weighted by Crippen LogP contribution is 2.40. The predicted molar refractivity (Wildman–Crippen MR) is 117 cm³/mol. The number of aromatic nitrogens is 3. The van der Waals surface area contributed by atoms with Crippen LogP contribution in [0.3, 0.4) is 0 Å². The molecule has 1 amide bonds. The molecule has 4 rings (SSSR count). The van der Waals surface area contributed by atoms with Crippen molar-refractivity contribution in [1.29, 1.82) is 0 Å². The Hall–Kier alpha value is -3.22. The molecule has 0 N–H and O–H groups in total. The number of hydrogen-bond donors (Lipinski definition) is 0. The Morgan fingerprint density at radius 3 is 2.71 bits per heavy atom. The van der Waals surface area contributed by atoms with Gasteiger partial charge in [-0.1, -0.05) is 18.2 Å². The summed E-state index contributed by atoms with van der Waals surface area (Å²) in [5.74, 6) is -0.229. The van der Waals surface area contributed by atoms with E-state index in [1.807, 2.05) is 61.7 Å². The van der Waals surface area contributed by atoms with E-state index in [2.05, 4.69) is 10.1 Å². The number of fused-ring (bicyclic) bond motifs is 1. The molecule has 31 heavy (non-hydrogen) atoms. The Morgan fingerprint density at radius 1 is 1.23 bits per heavy atom. The van der Waals surface area contributed by atoms with Gasteiger partial charge in [0.25, 0.3) is 5.91 Å². The van der Waals surface area contributed by atoms with Crippen molar-refractivity contribution in [3.63, 3.8) is 0 Å². The van der Waals surface area contributed by atoms with Crippen LogP contribution in [-0.2, 0) is 23.1 Å². The van der Waals surface area contributed by atoms with E-state index in [9.17, 15) is 9.59 Å². The van der Waals surface area contributed by atoms with E-state index in [-0.39, 0.29) is 23.7 Å². The van der Waals surface area contributed by atoms with Gasteiger partial charge in [0.2, 0.25) is 0 Å². The number of pyridine rings is 1. The summed E-state index contributed by atoms with van der Waals surface area (Å²) in [6.45, 7) is 7.12. The fraction of sp³-hybridized carbons (Fsp3) is 0.417. The number of rotatable bonds is 7. The Labute approximate surface area is 182 Å². The molecule has 1 aliphatic carbocycles. The van der Waals surface area contributed by atoms with Crippen molar-refractivity contribution >= 4 is 22.8 Å². The number of carbonyl (C=O) groups is 2. The molecule has 0 unspecified atom stereocenters. The molecule has 1 saturated carbocycles. The Morgan fingerprint density at radius 2 is 2.00 bits per heavy atom. The van der Waals surface area contributed by atoms with Gasteiger partial charge < -0.3 is 9.64 Å². The number of carbonyl (C=O) groups excluding carboxylic acids is 2. The number of hydrogen-bond acceptors (Lipinski definition) is 5. The van der Waals surface area contributed by atoms with Gasteiger partial charge in [-0.15, -0.1) is 0 Å². The highest BCUT2D eigenvalue weighted by molar-refractivity contribution is 6.06. The fourth-order valence-electron chi connectivity index (χ4n) is 4.18. The second-order valence-electron chi connectivity index (χ2n) is 8.19. The van der Waals surface area contributed by atoms with Crippen LogP contribution in [0.15, 0.2) is 36.5 Å². The van der Waals surface area contributed by atoms with E-state index >= 15 is 0 Å². The minimum absolute atomic E-state index is 0.0595.